The minimum atomic E-state index is 0.595. The van der Waals surface area contributed by atoms with E-state index >= 15 is 0 Å². The van der Waals surface area contributed by atoms with Gasteiger partial charge in [-0.25, -0.2) is 4.98 Å². The summed E-state index contributed by atoms with van der Waals surface area (Å²) in [4.78, 5) is 8.90. The summed E-state index contributed by atoms with van der Waals surface area (Å²) in [6.45, 7) is 2.06. The van der Waals surface area contributed by atoms with Crippen LogP contribution in [-0.2, 0) is 0 Å². The van der Waals surface area contributed by atoms with Gasteiger partial charge < -0.3 is 0 Å². The van der Waals surface area contributed by atoms with Crippen LogP contribution in [-0.4, -0.2) is 9.97 Å². The lowest BCUT2D eigenvalue weighted by Crippen LogP contribution is -1.91. The summed E-state index contributed by atoms with van der Waals surface area (Å²) in [5, 5.41) is 10.1. The number of nitrogens with zero attached hydrogens (tertiary/aromatic N) is 3. The maximum absolute atomic E-state index is 8.94. The Morgan fingerprint density at radius 1 is 1.05 bits per heavy atom. The molecule has 2 heterocycles. The first-order chi connectivity index (χ1) is 9.28. The van der Waals surface area contributed by atoms with Crippen molar-refractivity contribution in [3.05, 3.63) is 59.8 Å². The van der Waals surface area contributed by atoms with Crippen molar-refractivity contribution in [1.29, 1.82) is 5.26 Å². The quantitative estimate of drug-likeness (QED) is 0.659. The minimum absolute atomic E-state index is 0.595. The van der Waals surface area contributed by atoms with Crippen molar-refractivity contribution in [2.24, 2.45) is 0 Å². The van der Waals surface area contributed by atoms with Gasteiger partial charge in [-0.1, -0.05) is 18.2 Å². The molecule has 0 aliphatic rings. The monoisotopic (exact) mass is 245 g/mol. The van der Waals surface area contributed by atoms with Gasteiger partial charge in [-0.2, -0.15) is 5.26 Å². The molecule has 0 saturated heterocycles. The Morgan fingerprint density at radius 2 is 1.89 bits per heavy atom. The highest BCUT2D eigenvalue weighted by molar-refractivity contribution is 5.84. The SMILES string of the molecule is Cc1cc(-c2cc(C#N)ccn2)nc2ccccc12. The predicted molar refractivity (Wildman–Crippen MR) is 74.4 cm³/mol. The summed E-state index contributed by atoms with van der Waals surface area (Å²) in [6.07, 6.45) is 1.64. The van der Waals surface area contributed by atoms with Crippen molar-refractivity contribution < 1.29 is 0 Å². The molecule has 19 heavy (non-hydrogen) atoms. The Morgan fingerprint density at radius 3 is 2.74 bits per heavy atom. The lowest BCUT2D eigenvalue weighted by molar-refractivity contribution is 1.26. The number of nitriles is 1. The zero-order chi connectivity index (χ0) is 13.2. The van der Waals surface area contributed by atoms with Crippen LogP contribution < -0.4 is 0 Å². The molecule has 0 aliphatic heterocycles. The fourth-order valence-corrected chi connectivity index (χ4v) is 2.12. The Bertz CT molecular complexity index is 800. The van der Waals surface area contributed by atoms with E-state index in [9.17, 15) is 0 Å². The van der Waals surface area contributed by atoms with Crippen LogP contribution in [0.3, 0.4) is 0 Å². The van der Waals surface area contributed by atoms with Crippen molar-refractivity contribution in [3.63, 3.8) is 0 Å². The standard InChI is InChI=1S/C16H11N3/c1-11-8-16(15-9-12(10-17)6-7-18-15)19-14-5-3-2-4-13(11)14/h2-9H,1H3. The normalized spacial score (nSPS) is 10.3. The van der Waals surface area contributed by atoms with Crippen molar-refractivity contribution in [2.75, 3.05) is 0 Å². The second-order valence-corrected chi connectivity index (χ2v) is 4.38. The summed E-state index contributed by atoms with van der Waals surface area (Å²) in [7, 11) is 0. The molecule has 3 nitrogen and oxygen atoms in total. The smallest absolute Gasteiger partial charge is 0.0992 e. The molecule has 2 aromatic heterocycles. The van der Waals surface area contributed by atoms with E-state index < -0.39 is 0 Å². The fourth-order valence-electron chi connectivity index (χ4n) is 2.12. The third-order valence-electron chi connectivity index (χ3n) is 3.07. The molecule has 0 amide bonds. The van der Waals surface area contributed by atoms with E-state index in [1.54, 1.807) is 18.3 Å². The molecular formula is C16H11N3. The molecule has 0 unspecified atom stereocenters. The maximum atomic E-state index is 8.94. The average molecular weight is 245 g/mol. The molecule has 3 rings (SSSR count). The van der Waals surface area contributed by atoms with Crippen LogP contribution in [0.1, 0.15) is 11.1 Å². The second kappa shape index (κ2) is 4.51. The van der Waals surface area contributed by atoms with Crippen molar-refractivity contribution in [1.82, 2.24) is 9.97 Å². The van der Waals surface area contributed by atoms with E-state index in [4.69, 9.17) is 5.26 Å². The van der Waals surface area contributed by atoms with Gasteiger partial charge in [0.1, 0.15) is 0 Å². The van der Waals surface area contributed by atoms with Gasteiger partial charge in [-0.15, -0.1) is 0 Å². The highest BCUT2D eigenvalue weighted by Gasteiger charge is 2.06. The van der Waals surface area contributed by atoms with E-state index in [0.717, 1.165) is 27.9 Å². The first kappa shape index (κ1) is 11.4. The van der Waals surface area contributed by atoms with Crippen LogP contribution in [0, 0.1) is 18.3 Å². The zero-order valence-electron chi connectivity index (χ0n) is 10.5. The van der Waals surface area contributed by atoms with Crippen molar-refractivity contribution in [3.8, 4) is 17.5 Å². The van der Waals surface area contributed by atoms with Crippen LogP contribution in [0.4, 0.5) is 0 Å². The van der Waals surface area contributed by atoms with Crippen LogP contribution >= 0.6 is 0 Å². The second-order valence-electron chi connectivity index (χ2n) is 4.38. The molecule has 0 radical (unpaired) electrons. The van der Waals surface area contributed by atoms with Crippen molar-refractivity contribution in [2.45, 2.75) is 6.92 Å². The molecule has 3 aromatic rings. The van der Waals surface area contributed by atoms with Gasteiger partial charge in [0.2, 0.25) is 0 Å². The van der Waals surface area contributed by atoms with Gasteiger partial charge in [0, 0.05) is 11.6 Å². The molecule has 90 valence electrons. The highest BCUT2D eigenvalue weighted by Crippen LogP contribution is 2.23. The van der Waals surface area contributed by atoms with Gasteiger partial charge in [0.05, 0.1) is 28.5 Å². The lowest BCUT2D eigenvalue weighted by Gasteiger charge is -2.06. The van der Waals surface area contributed by atoms with E-state index in [0.29, 0.717) is 5.56 Å². The summed E-state index contributed by atoms with van der Waals surface area (Å²) in [5.41, 5.74) is 4.23. The van der Waals surface area contributed by atoms with Gasteiger partial charge in [0.15, 0.2) is 0 Å². The molecule has 0 saturated carbocycles. The summed E-state index contributed by atoms with van der Waals surface area (Å²) >= 11 is 0. The number of pyridine rings is 2. The molecular weight excluding hydrogens is 234 g/mol. The topological polar surface area (TPSA) is 49.6 Å². The number of hydrogen-bond donors (Lipinski definition) is 0. The largest absolute Gasteiger partial charge is 0.255 e. The van der Waals surface area contributed by atoms with E-state index in [-0.39, 0.29) is 0 Å². The highest BCUT2D eigenvalue weighted by atomic mass is 14.8. The number of aryl methyl sites for hydroxylation is 1. The Kier molecular flexibility index (Phi) is 2.70. The van der Waals surface area contributed by atoms with Crippen LogP contribution in [0.25, 0.3) is 22.3 Å². The Hall–Kier alpha value is -2.73. The number of hydrogen-bond acceptors (Lipinski definition) is 3. The first-order valence-corrected chi connectivity index (χ1v) is 6.01. The van der Waals surface area contributed by atoms with Gasteiger partial charge in [-0.3, -0.25) is 4.98 Å². The molecule has 0 aliphatic carbocycles. The Labute approximate surface area is 111 Å². The van der Waals surface area contributed by atoms with Gasteiger partial charge in [-0.05, 0) is 36.8 Å². The number of benzene rings is 1. The van der Waals surface area contributed by atoms with Crippen LogP contribution in [0.15, 0.2) is 48.7 Å². The zero-order valence-corrected chi connectivity index (χ0v) is 10.5. The average Bonchev–Trinajstić information content (AvgIpc) is 2.47. The molecule has 1 aromatic carbocycles. The number of rotatable bonds is 1. The van der Waals surface area contributed by atoms with E-state index in [1.165, 1.54) is 0 Å². The summed E-state index contributed by atoms with van der Waals surface area (Å²) < 4.78 is 0. The molecule has 0 atom stereocenters. The molecule has 0 N–H and O–H groups in total. The molecule has 0 bridgehead atoms. The molecule has 3 heteroatoms. The lowest BCUT2D eigenvalue weighted by atomic mass is 10.1. The Balaban J connectivity index is 2.23. The third kappa shape index (κ3) is 2.04. The maximum Gasteiger partial charge on any atom is 0.0992 e. The number of para-hydroxylation sites is 1. The molecule has 0 fully saturated rings. The van der Waals surface area contributed by atoms with Gasteiger partial charge in [0.25, 0.3) is 0 Å². The fraction of sp³-hybridized carbons (Fsp3) is 0.0625. The molecule has 0 spiro atoms. The van der Waals surface area contributed by atoms with E-state index in [2.05, 4.69) is 29.0 Å². The van der Waals surface area contributed by atoms with E-state index in [1.807, 2.05) is 24.3 Å². The van der Waals surface area contributed by atoms with Crippen molar-refractivity contribution >= 4 is 10.9 Å². The first-order valence-electron chi connectivity index (χ1n) is 6.01. The summed E-state index contributed by atoms with van der Waals surface area (Å²) in [6, 6.07) is 15.6. The summed E-state index contributed by atoms with van der Waals surface area (Å²) in [5.74, 6) is 0. The third-order valence-corrected chi connectivity index (χ3v) is 3.07. The number of fused-ring (bicyclic) bond motifs is 1. The number of aromatic nitrogens is 2. The van der Waals surface area contributed by atoms with Gasteiger partial charge >= 0.3 is 0 Å². The van der Waals surface area contributed by atoms with Crippen LogP contribution in [0.5, 0.6) is 0 Å². The van der Waals surface area contributed by atoms with Crippen LogP contribution in [0.2, 0.25) is 0 Å². The minimum Gasteiger partial charge on any atom is -0.255 e. The predicted octanol–water partition coefficient (Wildman–Crippen LogP) is 3.48.